The monoisotopic (exact) mass is 387 g/mol. The average molecular weight is 389 g/mol. The molecule has 0 amide bonds. The fourth-order valence-electron chi connectivity index (χ4n) is 1.31. The zero-order chi connectivity index (χ0) is 13.0. The van der Waals surface area contributed by atoms with Gasteiger partial charge in [-0.05, 0) is 41.1 Å². The molecular formula is C12H11Br2N3S. The summed E-state index contributed by atoms with van der Waals surface area (Å²) in [6, 6.07) is 8.12. The third-order valence-corrected chi connectivity index (χ3v) is 4.39. The van der Waals surface area contributed by atoms with Crippen molar-refractivity contribution in [2.75, 3.05) is 11.9 Å². The highest BCUT2D eigenvalue weighted by Gasteiger charge is 2.07. The van der Waals surface area contributed by atoms with E-state index in [9.17, 15) is 0 Å². The van der Waals surface area contributed by atoms with Gasteiger partial charge < -0.3 is 5.32 Å². The molecule has 0 aliphatic heterocycles. The summed E-state index contributed by atoms with van der Waals surface area (Å²) in [5.74, 6) is 0.651. The van der Waals surface area contributed by atoms with E-state index in [0.29, 0.717) is 5.95 Å². The van der Waals surface area contributed by atoms with Crippen LogP contribution in [0.1, 0.15) is 6.92 Å². The van der Waals surface area contributed by atoms with Crippen LogP contribution >= 0.6 is 43.6 Å². The Balaban J connectivity index is 2.25. The molecule has 2 rings (SSSR count). The Morgan fingerprint density at radius 2 is 2.17 bits per heavy atom. The number of halogens is 2. The molecule has 2 aromatic rings. The van der Waals surface area contributed by atoms with Crippen LogP contribution in [0.5, 0.6) is 0 Å². The molecule has 0 fully saturated rings. The van der Waals surface area contributed by atoms with Crippen LogP contribution in [-0.2, 0) is 0 Å². The first-order valence-electron chi connectivity index (χ1n) is 5.39. The Morgan fingerprint density at radius 3 is 2.89 bits per heavy atom. The lowest BCUT2D eigenvalue weighted by molar-refractivity contribution is 0.999. The molecule has 0 unspecified atom stereocenters. The molecule has 1 aromatic heterocycles. The molecule has 6 heteroatoms. The van der Waals surface area contributed by atoms with E-state index >= 15 is 0 Å². The van der Waals surface area contributed by atoms with Crippen molar-refractivity contribution in [1.29, 1.82) is 0 Å². The molecule has 0 atom stereocenters. The third-order valence-electron chi connectivity index (χ3n) is 2.06. The quantitative estimate of drug-likeness (QED) is 0.777. The molecule has 1 aromatic carbocycles. The number of nitrogens with zero attached hydrogens (tertiary/aromatic N) is 2. The smallest absolute Gasteiger partial charge is 0.223 e. The minimum Gasteiger partial charge on any atom is -0.354 e. The highest BCUT2D eigenvalue weighted by atomic mass is 79.9. The Kier molecular flexibility index (Phi) is 5.03. The van der Waals surface area contributed by atoms with Gasteiger partial charge in [-0.2, -0.15) is 0 Å². The van der Waals surface area contributed by atoms with Gasteiger partial charge in [0.1, 0.15) is 5.03 Å². The summed E-state index contributed by atoms with van der Waals surface area (Å²) in [5, 5.41) is 4.01. The molecule has 1 N–H and O–H groups in total. The van der Waals surface area contributed by atoms with Crippen molar-refractivity contribution in [1.82, 2.24) is 9.97 Å². The summed E-state index contributed by atoms with van der Waals surface area (Å²) >= 11 is 8.54. The second-order valence-corrected chi connectivity index (χ2v) is 6.27. The van der Waals surface area contributed by atoms with Crippen molar-refractivity contribution >= 4 is 49.6 Å². The maximum Gasteiger partial charge on any atom is 0.223 e. The van der Waals surface area contributed by atoms with E-state index in [0.717, 1.165) is 25.4 Å². The van der Waals surface area contributed by atoms with Gasteiger partial charge in [0, 0.05) is 22.1 Å². The Labute approximate surface area is 127 Å². The lowest BCUT2D eigenvalue weighted by Gasteiger charge is -2.06. The molecule has 1 heterocycles. The summed E-state index contributed by atoms with van der Waals surface area (Å²) in [5.41, 5.74) is 0. The van der Waals surface area contributed by atoms with Gasteiger partial charge in [-0.3, -0.25) is 0 Å². The predicted octanol–water partition coefficient (Wildman–Crippen LogP) is 4.58. The van der Waals surface area contributed by atoms with Gasteiger partial charge in [0.15, 0.2) is 0 Å². The number of rotatable bonds is 4. The first-order chi connectivity index (χ1) is 8.69. The van der Waals surface area contributed by atoms with Crippen LogP contribution in [0.3, 0.4) is 0 Å². The van der Waals surface area contributed by atoms with Crippen LogP contribution in [0.2, 0.25) is 0 Å². The average Bonchev–Trinajstić information content (AvgIpc) is 2.34. The van der Waals surface area contributed by atoms with Gasteiger partial charge in [-0.15, -0.1) is 0 Å². The molecule has 18 heavy (non-hydrogen) atoms. The fraction of sp³-hybridized carbons (Fsp3) is 0.167. The van der Waals surface area contributed by atoms with E-state index in [2.05, 4.69) is 59.3 Å². The number of hydrogen-bond acceptors (Lipinski definition) is 4. The first kappa shape index (κ1) is 13.8. The molecular weight excluding hydrogens is 378 g/mol. The molecule has 94 valence electrons. The third kappa shape index (κ3) is 3.70. The van der Waals surface area contributed by atoms with Crippen molar-refractivity contribution in [3.05, 3.63) is 39.4 Å². The van der Waals surface area contributed by atoms with Crippen LogP contribution in [0.15, 0.2) is 49.3 Å². The summed E-state index contributed by atoms with van der Waals surface area (Å²) < 4.78 is 1.96. The molecule has 0 saturated heterocycles. The number of anilines is 1. The second kappa shape index (κ2) is 6.54. The fourth-order valence-corrected chi connectivity index (χ4v) is 3.13. The highest BCUT2D eigenvalue weighted by Crippen LogP contribution is 2.33. The number of nitrogens with one attached hydrogen (secondary N) is 1. The van der Waals surface area contributed by atoms with E-state index < -0.39 is 0 Å². The molecule has 0 spiro atoms. The van der Waals surface area contributed by atoms with Gasteiger partial charge >= 0.3 is 0 Å². The van der Waals surface area contributed by atoms with Crippen molar-refractivity contribution < 1.29 is 0 Å². The lowest BCUT2D eigenvalue weighted by atomic mass is 10.4. The maximum atomic E-state index is 4.47. The second-order valence-electron chi connectivity index (χ2n) is 3.44. The SMILES string of the molecule is CCNc1ncc(Br)c(Sc2cccc(Br)c2)n1. The molecule has 0 bridgehead atoms. The lowest BCUT2D eigenvalue weighted by Crippen LogP contribution is -2.02. The van der Waals surface area contributed by atoms with Crippen LogP contribution in [0.25, 0.3) is 0 Å². The van der Waals surface area contributed by atoms with E-state index in [4.69, 9.17) is 0 Å². The molecule has 0 aliphatic carbocycles. The van der Waals surface area contributed by atoms with Crippen LogP contribution in [0.4, 0.5) is 5.95 Å². The van der Waals surface area contributed by atoms with Gasteiger partial charge in [-0.1, -0.05) is 33.8 Å². The summed E-state index contributed by atoms with van der Waals surface area (Å²) in [6.45, 7) is 2.83. The molecule has 3 nitrogen and oxygen atoms in total. The van der Waals surface area contributed by atoms with E-state index in [1.54, 1.807) is 18.0 Å². The van der Waals surface area contributed by atoms with Gasteiger partial charge in [0.2, 0.25) is 5.95 Å². The van der Waals surface area contributed by atoms with Crippen molar-refractivity contribution in [2.45, 2.75) is 16.8 Å². The van der Waals surface area contributed by atoms with Crippen LogP contribution < -0.4 is 5.32 Å². The maximum absolute atomic E-state index is 4.47. The van der Waals surface area contributed by atoms with Crippen molar-refractivity contribution in [3.8, 4) is 0 Å². The van der Waals surface area contributed by atoms with Gasteiger partial charge in [-0.25, -0.2) is 9.97 Å². The van der Waals surface area contributed by atoms with E-state index in [1.165, 1.54) is 0 Å². The zero-order valence-corrected chi connectivity index (χ0v) is 13.6. The summed E-state index contributed by atoms with van der Waals surface area (Å²) in [7, 11) is 0. The number of hydrogen-bond donors (Lipinski definition) is 1. The van der Waals surface area contributed by atoms with E-state index in [-0.39, 0.29) is 0 Å². The van der Waals surface area contributed by atoms with Gasteiger partial charge in [0.05, 0.1) is 4.47 Å². The molecule has 0 aliphatic rings. The largest absolute Gasteiger partial charge is 0.354 e. The molecule has 0 radical (unpaired) electrons. The highest BCUT2D eigenvalue weighted by molar-refractivity contribution is 9.10. The Hall–Kier alpha value is -0.590. The topological polar surface area (TPSA) is 37.8 Å². The van der Waals surface area contributed by atoms with E-state index in [1.807, 2.05) is 19.1 Å². The van der Waals surface area contributed by atoms with Crippen LogP contribution in [0, 0.1) is 0 Å². The van der Waals surface area contributed by atoms with Crippen molar-refractivity contribution in [3.63, 3.8) is 0 Å². The number of aromatic nitrogens is 2. The Morgan fingerprint density at radius 1 is 1.33 bits per heavy atom. The Bertz CT molecular complexity index is 549. The zero-order valence-electron chi connectivity index (χ0n) is 9.65. The summed E-state index contributed by atoms with van der Waals surface area (Å²) in [6.07, 6.45) is 1.77. The van der Waals surface area contributed by atoms with Gasteiger partial charge in [0.25, 0.3) is 0 Å². The number of benzene rings is 1. The predicted molar refractivity (Wildman–Crippen MR) is 82.2 cm³/mol. The minimum atomic E-state index is 0.651. The minimum absolute atomic E-state index is 0.651. The standard InChI is InChI=1S/C12H11Br2N3S/c1-2-15-12-16-7-10(14)11(17-12)18-9-5-3-4-8(13)6-9/h3-7H,2H2,1H3,(H,15,16,17). The summed E-state index contributed by atoms with van der Waals surface area (Å²) in [4.78, 5) is 9.79. The van der Waals surface area contributed by atoms with Crippen molar-refractivity contribution in [2.24, 2.45) is 0 Å². The molecule has 0 saturated carbocycles. The van der Waals surface area contributed by atoms with Crippen LogP contribution in [-0.4, -0.2) is 16.5 Å². The normalized spacial score (nSPS) is 10.4. The first-order valence-corrected chi connectivity index (χ1v) is 7.79.